The van der Waals surface area contributed by atoms with Crippen molar-refractivity contribution in [3.8, 4) is 0 Å². The Morgan fingerprint density at radius 1 is 1.13 bits per heavy atom. The molecule has 3 amide bonds. The number of nitrogens with zero attached hydrogens (tertiary/aromatic N) is 6. The Kier molecular flexibility index (Phi) is 12.2. The first kappa shape index (κ1) is 35.8. The molecule has 4 rings (SSSR count). The van der Waals surface area contributed by atoms with Crippen LogP contribution in [0, 0.1) is 11.8 Å². The molecule has 13 heteroatoms. The minimum atomic E-state index is -0.820. The summed E-state index contributed by atoms with van der Waals surface area (Å²) in [5, 5.41) is 20.2. The summed E-state index contributed by atoms with van der Waals surface area (Å²) in [5.41, 5.74) is 0.635. The van der Waals surface area contributed by atoms with E-state index in [9.17, 15) is 23.9 Å². The Hall–Kier alpha value is -3.06. The zero-order valence-electron chi connectivity index (χ0n) is 28.4. The second-order valence-electron chi connectivity index (χ2n) is 14.3. The maximum absolute atomic E-state index is 14.6. The molecule has 0 radical (unpaired) electrons. The standard InChI is InChI=1S/C33H53FN6O6/c1-22(2)19-39(31(43)29-28(9-7-8-14-41)40(36-35-29)25-10-11-27(34)23(3)17-25)26-18-24(30(42)37-12-15-45-16-13-37)20-38(21-26)32(44)46-33(4,5)6/h17,22,24,26,28-29,41H,7-16,18-21H2,1-6H3/t24-,26+,28?,29?/m1/s1. The number of carbonyl (C=O) groups excluding carboxylic acids is 3. The topological polar surface area (TPSA) is 128 Å². The number of allylic oxidation sites excluding steroid dienone is 4. The molecular weight excluding hydrogens is 595 g/mol. The van der Waals surface area contributed by atoms with Crippen LogP contribution in [-0.2, 0) is 19.1 Å². The van der Waals surface area contributed by atoms with E-state index in [2.05, 4.69) is 10.3 Å². The van der Waals surface area contributed by atoms with Gasteiger partial charge < -0.3 is 29.3 Å². The number of hydrogen-bond donors (Lipinski definition) is 1. The van der Waals surface area contributed by atoms with Gasteiger partial charge in [0.05, 0.1) is 31.2 Å². The van der Waals surface area contributed by atoms with E-state index in [-0.39, 0.29) is 49.7 Å². The first-order chi connectivity index (χ1) is 21.8. The lowest BCUT2D eigenvalue weighted by Crippen LogP contribution is -2.60. The van der Waals surface area contributed by atoms with Crippen molar-refractivity contribution >= 4 is 17.9 Å². The van der Waals surface area contributed by atoms with Gasteiger partial charge in [-0.2, -0.15) is 5.11 Å². The van der Waals surface area contributed by atoms with Crippen molar-refractivity contribution in [1.29, 1.82) is 0 Å². The monoisotopic (exact) mass is 648 g/mol. The van der Waals surface area contributed by atoms with Gasteiger partial charge in [-0.05, 0) is 77.4 Å². The maximum Gasteiger partial charge on any atom is 0.410 e. The molecule has 3 heterocycles. The SMILES string of the molecule is CC1=C(F)CCC(N2N=NC(C(=O)N(CC(C)C)[C@H]3C[C@@H](C(=O)N4CCOCC4)CN(C(=O)OC(C)(C)C)C3)C2CCCCO)=C1. The van der Waals surface area contributed by atoms with Crippen molar-refractivity contribution in [1.82, 2.24) is 19.7 Å². The van der Waals surface area contributed by atoms with Gasteiger partial charge in [-0.25, -0.2) is 14.2 Å². The highest BCUT2D eigenvalue weighted by atomic mass is 19.1. The molecular formula is C33H53FN6O6. The van der Waals surface area contributed by atoms with Gasteiger partial charge in [-0.15, -0.1) is 0 Å². The average Bonchev–Trinajstić information content (AvgIpc) is 3.43. The van der Waals surface area contributed by atoms with Crippen molar-refractivity contribution in [3.05, 3.63) is 23.2 Å². The van der Waals surface area contributed by atoms with Crippen LogP contribution in [0.4, 0.5) is 9.18 Å². The van der Waals surface area contributed by atoms with Gasteiger partial charge in [0.25, 0.3) is 5.91 Å². The third kappa shape index (κ3) is 9.05. The van der Waals surface area contributed by atoms with Crippen LogP contribution in [0.1, 0.15) is 80.1 Å². The number of unbranched alkanes of at least 4 members (excludes halogenated alkanes) is 1. The Morgan fingerprint density at radius 3 is 2.48 bits per heavy atom. The first-order valence-electron chi connectivity index (χ1n) is 16.8. The van der Waals surface area contributed by atoms with E-state index >= 15 is 0 Å². The molecule has 1 aliphatic carbocycles. The van der Waals surface area contributed by atoms with Crippen molar-refractivity contribution in [2.75, 3.05) is 52.5 Å². The molecule has 1 N–H and O–H groups in total. The minimum Gasteiger partial charge on any atom is -0.444 e. The quantitative estimate of drug-likeness (QED) is 0.347. The van der Waals surface area contributed by atoms with E-state index < -0.39 is 35.7 Å². The number of morpholine rings is 1. The zero-order chi connectivity index (χ0) is 33.6. The number of amides is 3. The number of ether oxygens (including phenoxy) is 2. The molecule has 0 bridgehead atoms. The van der Waals surface area contributed by atoms with E-state index in [0.29, 0.717) is 70.5 Å². The van der Waals surface area contributed by atoms with Crippen LogP contribution in [-0.4, -0.2) is 119 Å². The molecule has 2 unspecified atom stereocenters. The normalized spacial score (nSPS) is 25.7. The number of aliphatic hydroxyl groups is 1. The highest BCUT2D eigenvalue weighted by Gasteiger charge is 2.46. The summed E-state index contributed by atoms with van der Waals surface area (Å²) < 4.78 is 25.4. The number of likely N-dealkylation sites (tertiary alicyclic amines) is 1. The Labute approximate surface area is 272 Å². The van der Waals surface area contributed by atoms with E-state index in [1.165, 1.54) is 0 Å². The molecule has 0 aromatic carbocycles. The summed E-state index contributed by atoms with van der Waals surface area (Å²) in [6.45, 7) is 14.0. The van der Waals surface area contributed by atoms with Gasteiger partial charge in [-0.3, -0.25) is 9.59 Å². The lowest BCUT2D eigenvalue weighted by atomic mass is 9.90. The van der Waals surface area contributed by atoms with Crippen LogP contribution < -0.4 is 0 Å². The molecule has 3 aliphatic heterocycles. The molecule has 258 valence electrons. The van der Waals surface area contributed by atoms with Crippen molar-refractivity contribution in [2.45, 2.75) is 104 Å². The van der Waals surface area contributed by atoms with Crippen molar-refractivity contribution < 1.29 is 33.4 Å². The van der Waals surface area contributed by atoms with Gasteiger partial charge in [0.15, 0.2) is 6.04 Å². The van der Waals surface area contributed by atoms with Crippen LogP contribution >= 0.6 is 0 Å². The van der Waals surface area contributed by atoms with E-state index in [4.69, 9.17) is 9.47 Å². The minimum absolute atomic E-state index is 0.0377. The van der Waals surface area contributed by atoms with Crippen molar-refractivity contribution in [3.63, 3.8) is 0 Å². The molecule has 0 saturated carbocycles. The number of hydrogen-bond acceptors (Lipinski definition) is 9. The highest BCUT2D eigenvalue weighted by Crippen LogP contribution is 2.35. The fraction of sp³-hybridized carbons (Fsp3) is 0.788. The van der Waals surface area contributed by atoms with Gasteiger partial charge in [0.2, 0.25) is 5.91 Å². The van der Waals surface area contributed by atoms with Crippen molar-refractivity contribution in [2.24, 2.45) is 22.2 Å². The maximum atomic E-state index is 14.6. The Morgan fingerprint density at radius 2 is 1.85 bits per heavy atom. The molecule has 4 aliphatic rings. The van der Waals surface area contributed by atoms with Crippen LogP contribution in [0.25, 0.3) is 0 Å². The van der Waals surface area contributed by atoms with Crippen LogP contribution in [0.3, 0.4) is 0 Å². The Balaban J connectivity index is 1.63. The molecule has 46 heavy (non-hydrogen) atoms. The third-order valence-corrected chi connectivity index (χ3v) is 8.86. The number of halogens is 1. The summed E-state index contributed by atoms with van der Waals surface area (Å²) in [6, 6.07) is -1.66. The summed E-state index contributed by atoms with van der Waals surface area (Å²) in [5.74, 6) is -0.816. The summed E-state index contributed by atoms with van der Waals surface area (Å²) in [4.78, 5) is 46.9. The largest absolute Gasteiger partial charge is 0.444 e. The smallest absolute Gasteiger partial charge is 0.410 e. The van der Waals surface area contributed by atoms with Crippen LogP contribution in [0.2, 0.25) is 0 Å². The van der Waals surface area contributed by atoms with E-state index in [1.807, 2.05) is 13.8 Å². The van der Waals surface area contributed by atoms with Gasteiger partial charge in [-0.1, -0.05) is 19.1 Å². The molecule has 0 aromatic rings. The second kappa shape index (κ2) is 15.7. The average molecular weight is 649 g/mol. The number of rotatable bonds is 10. The van der Waals surface area contributed by atoms with E-state index in [0.717, 1.165) is 5.70 Å². The van der Waals surface area contributed by atoms with Gasteiger partial charge >= 0.3 is 6.09 Å². The number of piperidine rings is 1. The van der Waals surface area contributed by atoms with E-state index in [1.54, 1.807) is 53.5 Å². The highest BCUT2D eigenvalue weighted by molar-refractivity contribution is 5.84. The zero-order valence-corrected chi connectivity index (χ0v) is 28.4. The predicted molar refractivity (Wildman–Crippen MR) is 170 cm³/mol. The number of aliphatic hydroxyl groups excluding tert-OH is 1. The molecule has 4 atom stereocenters. The molecule has 12 nitrogen and oxygen atoms in total. The van der Waals surface area contributed by atoms with Crippen LogP contribution in [0.15, 0.2) is 33.5 Å². The lowest BCUT2D eigenvalue weighted by Gasteiger charge is -2.44. The summed E-state index contributed by atoms with van der Waals surface area (Å²) in [7, 11) is 0. The second-order valence-corrected chi connectivity index (χ2v) is 14.3. The van der Waals surface area contributed by atoms with Gasteiger partial charge in [0.1, 0.15) is 11.4 Å². The molecule has 0 aromatic heterocycles. The lowest BCUT2D eigenvalue weighted by molar-refractivity contribution is -0.146. The van der Waals surface area contributed by atoms with Crippen LogP contribution in [0.5, 0.6) is 0 Å². The third-order valence-electron chi connectivity index (χ3n) is 8.86. The Bertz CT molecular complexity index is 1190. The summed E-state index contributed by atoms with van der Waals surface area (Å²) in [6.07, 6.45) is 4.20. The molecule has 2 fully saturated rings. The predicted octanol–water partition coefficient (Wildman–Crippen LogP) is 4.46. The fourth-order valence-electron chi connectivity index (χ4n) is 6.61. The van der Waals surface area contributed by atoms with Gasteiger partial charge in [0, 0.05) is 51.4 Å². The summed E-state index contributed by atoms with van der Waals surface area (Å²) >= 11 is 0. The molecule has 0 spiro atoms. The number of carbonyl (C=O) groups is 3. The fourth-order valence-corrected chi connectivity index (χ4v) is 6.61. The molecule has 2 saturated heterocycles. The first-order valence-corrected chi connectivity index (χ1v) is 16.8.